The smallest absolute Gasteiger partial charge is 0.387 e. The summed E-state index contributed by atoms with van der Waals surface area (Å²) in [4.78, 5) is 0. The lowest BCUT2D eigenvalue weighted by Crippen LogP contribution is -2.34. The van der Waals surface area contributed by atoms with E-state index in [1.165, 1.54) is 17.4 Å². The van der Waals surface area contributed by atoms with Crippen LogP contribution >= 0.6 is 11.3 Å². The third-order valence-electron chi connectivity index (χ3n) is 2.17. The van der Waals surface area contributed by atoms with Gasteiger partial charge in [-0.15, -0.1) is 0 Å². The van der Waals surface area contributed by atoms with Gasteiger partial charge in [0.1, 0.15) is 0 Å². The van der Waals surface area contributed by atoms with Crippen LogP contribution in [0.5, 0.6) is 0 Å². The molecule has 0 saturated heterocycles. The van der Waals surface area contributed by atoms with Gasteiger partial charge in [-0.25, -0.2) is 0 Å². The molecule has 0 aliphatic carbocycles. The van der Waals surface area contributed by atoms with E-state index in [0.29, 0.717) is 5.56 Å². The summed E-state index contributed by atoms with van der Waals surface area (Å²) in [7, 11) is 0. The fourth-order valence-corrected chi connectivity index (χ4v) is 1.89. The van der Waals surface area contributed by atoms with Crippen LogP contribution in [0.3, 0.4) is 0 Å². The van der Waals surface area contributed by atoms with Gasteiger partial charge in [-0.1, -0.05) is 0 Å². The lowest BCUT2D eigenvalue weighted by Gasteiger charge is -2.15. The van der Waals surface area contributed by atoms with Gasteiger partial charge in [-0.3, -0.25) is 0 Å². The van der Waals surface area contributed by atoms with Crippen LogP contribution in [0.1, 0.15) is 11.7 Å². The summed E-state index contributed by atoms with van der Waals surface area (Å²) in [5.74, 6) is -2.04. The van der Waals surface area contributed by atoms with E-state index < -0.39 is 24.7 Å². The van der Waals surface area contributed by atoms with Crippen LogP contribution in [0.2, 0.25) is 0 Å². The second kappa shape index (κ2) is 6.00. The molecular formula is C10H11F3N2OS. The Balaban J connectivity index is 2.35. The molecule has 0 saturated carbocycles. The summed E-state index contributed by atoms with van der Waals surface area (Å²) in [6.45, 7) is -0.522. The third-order valence-corrected chi connectivity index (χ3v) is 2.87. The third kappa shape index (κ3) is 4.34. The molecular weight excluding hydrogens is 253 g/mol. The quantitative estimate of drug-likeness (QED) is 0.856. The Morgan fingerprint density at radius 3 is 2.65 bits per heavy atom. The normalized spacial score (nSPS) is 15.2. The summed E-state index contributed by atoms with van der Waals surface area (Å²) in [5, 5.41) is 23.9. The number of alkyl halides is 3. The second-order valence-electron chi connectivity index (χ2n) is 3.45. The van der Waals surface area contributed by atoms with Gasteiger partial charge in [0.15, 0.2) is 5.92 Å². The van der Waals surface area contributed by atoms with Crippen molar-refractivity contribution < 1.29 is 18.3 Å². The van der Waals surface area contributed by atoms with E-state index in [4.69, 9.17) is 5.26 Å². The summed E-state index contributed by atoms with van der Waals surface area (Å²) in [5.41, 5.74) is 0.656. The summed E-state index contributed by atoms with van der Waals surface area (Å²) >= 11 is 1.40. The zero-order valence-electron chi connectivity index (χ0n) is 8.74. The van der Waals surface area contributed by atoms with Crippen molar-refractivity contribution in [1.82, 2.24) is 5.32 Å². The van der Waals surface area contributed by atoms with E-state index in [9.17, 15) is 18.3 Å². The second-order valence-corrected chi connectivity index (χ2v) is 4.23. The van der Waals surface area contributed by atoms with Crippen molar-refractivity contribution in [2.24, 2.45) is 5.92 Å². The Hall–Kier alpha value is -1.10. The highest BCUT2D eigenvalue weighted by molar-refractivity contribution is 7.07. The number of halogens is 3. The zero-order chi connectivity index (χ0) is 12.9. The predicted molar refractivity (Wildman–Crippen MR) is 57.3 cm³/mol. The van der Waals surface area contributed by atoms with Crippen molar-refractivity contribution in [3.05, 3.63) is 22.4 Å². The van der Waals surface area contributed by atoms with Crippen molar-refractivity contribution in [1.29, 1.82) is 5.26 Å². The van der Waals surface area contributed by atoms with E-state index >= 15 is 0 Å². The number of nitrogens with one attached hydrogen (secondary N) is 1. The standard InChI is InChI=1S/C10H11F3N2OS/c11-10(12,13)8(3-14)4-15-5-9(16)7-1-2-17-6-7/h1-2,6,8-9,15-16H,4-5H2. The molecule has 17 heavy (non-hydrogen) atoms. The maximum absolute atomic E-state index is 12.2. The van der Waals surface area contributed by atoms with E-state index in [0.717, 1.165) is 0 Å². The average molecular weight is 264 g/mol. The molecule has 2 N–H and O–H groups in total. The van der Waals surface area contributed by atoms with Gasteiger partial charge in [0.05, 0.1) is 12.2 Å². The number of aliphatic hydroxyl groups is 1. The highest BCUT2D eigenvalue weighted by Crippen LogP contribution is 2.25. The molecule has 0 aliphatic rings. The van der Waals surface area contributed by atoms with Crippen molar-refractivity contribution in [3.8, 4) is 6.07 Å². The molecule has 2 unspecified atom stereocenters. The van der Waals surface area contributed by atoms with E-state index in [2.05, 4.69) is 5.32 Å². The summed E-state index contributed by atoms with van der Waals surface area (Å²) < 4.78 is 36.6. The first-order valence-electron chi connectivity index (χ1n) is 4.82. The van der Waals surface area contributed by atoms with E-state index in [-0.39, 0.29) is 6.54 Å². The topological polar surface area (TPSA) is 56.0 Å². The highest BCUT2D eigenvalue weighted by atomic mass is 32.1. The summed E-state index contributed by atoms with van der Waals surface area (Å²) in [6.07, 6.45) is -5.39. The SMILES string of the molecule is N#CC(CNCC(O)c1ccsc1)C(F)(F)F. The highest BCUT2D eigenvalue weighted by Gasteiger charge is 2.39. The van der Waals surface area contributed by atoms with Crippen LogP contribution < -0.4 is 5.32 Å². The van der Waals surface area contributed by atoms with Crippen molar-refractivity contribution in [2.75, 3.05) is 13.1 Å². The van der Waals surface area contributed by atoms with Crippen LogP contribution in [0.15, 0.2) is 16.8 Å². The fourth-order valence-electron chi connectivity index (χ4n) is 1.18. The fraction of sp³-hybridized carbons (Fsp3) is 0.500. The Morgan fingerprint density at radius 1 is 1.47 bits per heavy atom. The average Bonchev–Trinajstić information content (AvgIpc) is 2.75. The number of nitriles is 1. The monoisotopic (exact) mass is 264 g/mol. The first-order valence-corrected chi connectivity index (χ1v) is 5.76. The summed E-state index contributed by atoms with van der Waals surface area (Å²) in [6, 6.07) is 2.88. The number of thiophene rings is 1. The minimum absolute atomic E-state index is 0.00894. The Kier molecular flexibility index (Phi) is 4.93. The van der Waals surface area contributed by atoms with Crippen molar-refractivity contribution >= 4 is 11.3 Å². The molecule has 0 amide bonds. The van der Waals surface area contributed by atoms with Gasteiger partial charge in [0, 0.05) is 13.1 Å². The Morgan fingerprint density at radius 2 is 2.18 bits per heavy atom. The molecule has 7 heteroatoms. The van der Waals surface area contributed by atoms with Crippen LogP contribution in [0, 0.1) is 17.2 Å². The number of nitrogens with zero attached hydrogens (tertiary/aromatic N) is 1. The van der Waals surface area contributed by atoms with Crippen LogP contribution in [0.25, 0.3) is 0 Å². The van der Waals surface area contributed by atoms with Crippen LogP contribution in [-0.2, 0) is 0 Å². The molecule has 0 fully saturated rings. The molecule has 0 bridgehead atoms. The zero-order valence-corrected chi connectivity index (χ0v) is 9.55. The van der Waals surface area contributed by atoms with Gasteiger partial charge in [-0.2, -0.15) is 29.8 Å². The van der Waals surface area contributed by atoms with E-state index in [1.807, 2.05) is 0 Å². The maximum atomic E-state index is 12.2. The molecule has 1 rings (SSSR count). The predicted octanol–water partition coefficient (Wildman–Crippen LogP) is 2.07. The number of aliphatic hydroxyl groups excluding tert-OH is 1. The minimum Gasteiger partial charge on any atom is -0.387 e. The first-order chi connectivity index (χ1) is 7.95. The molecule has 1 aromatic heterocycles. The van der Waals surface area contributed by atoms with Gasteiger partial charge in [0.25, 0.3) is 0 Å². The number of hydrogen-bond donors (Lipinski definition) is 2. The largest absolute Gasteiger partial charge is 0.405 e. The van der Waals surface area contributed by atoms with Gasteiger partial charge < -0.3 is 10.4 Å². The minimum atomic E-state index is -4.53. The number of hydrogen-bond acceptors (Lipinski definition) is 4. The molecule has 0 aliphatic heterocycles. The van der Waals surface area contributed by atoms with Gasteiger partial charge >= 0.3 is 6.18 Å². The molecule has 2 atom stereocenters. The van der Waals surface area contributed by atoms with Crippen molar-refractivity contribution in [2.45, 2.75) is 12.3 Å². The van der Waals surface area contributed by atoms with Gasteiger partial charge in [-0.05, 0) is 22.4 Å². The Bertz CT molecular complexity index is 372. The number of rotatable bonds is 5. The molecule has 1 heterocycles. The van der Waals surface area contributed by atoms with Crippen molar-refractivity contribution in [3.63, 3.8) is 0 Å². The molecule has 0 radical (unpaired) electrons. The van der Waals surface area contributed by atoms with Crippen LogP contribution in [0.4, 0.5) is 13.2 Å². The van der Waals surface area contributed by atoms with Gasteiger partial charge in [0.2, 0.25) is 0 Å². The Labute approximate surface area is 100 Å². The molecule has 1 aromatic rings. The molecule has 3 nitrogen and oxygen atoms in total. The van der Waals surface area contributed by atoms with Crippen LogP contribution in [-0.4, -0.2) is 24.4 Å². The lowest BCUT2D eigenvalue weighted by atomic mass is 10.1. The maximum Gasteiger partial charge on any atom is 0.405 e. The molecule has 0 aromatic carbocycles. The molecule has 0 spiro atoms. The molecule has 94 valence electrons. The van der Waals surface area contributed by atoms with E-state index in [1.54, 1.807) is 16.8 Å². The lowest BCUT2D eigenvalue weighted by molar-refractivity contribution is -0.157. The first kappa shape index (κ1) is 14.0.